The molecule has 0 radical (unpaired) electrons. The third-order valence-electron chi connectivity index (χ3n) is 4.22. The highest BCUT2D eigenvalue weighted by atomic mass is 14.7. The van der Waals surface area contributed by atoms with Gasteiger partial charge in [0, 0.05) is 17.1 Å². The summed E-state index contributed by atoms with van der Waals surface area (Å²) >= 11 is 0. The SMILES string of the molecule is CCC(c1c[nH]c2ccc(C(C)(C)C)cc12)C(C)C. The molecule has 1 atom stereocenters. The van der Waals surface area contributed by atoms with E-state index in [0.717, 1.165) is 0 Å². The monoisotopic (exact) mass is 257 g/mol. The van der Waals surface area contributed by atoms with E-state index >= 15 is 0 Å². The van der Waals surface area contributed by atoms with Crippen molar-refractivity contribution in [2.45, 2.75) is 59.3 Å². The third kappa shape index (κ3) is 2.70. The first-order valence-electron chi connectivity index (χ1n) is 7.46. The molecule has 1 nitrogen and oxygen atoms in total. The normalized spacial score (nSPS) is 14.3. The Labute approximate surface area is 117 Å². The molecule has 0 aliphatic rings. The fourth-order valence-corrected chi connectivity index (χ4v) is 2.97. The van der Waals surface area contributed by atoms with Crippen LogP contribution in [0.4, 0.5) is 0 Å². The summed E-state index contributed by atoms with van der Waals surface area (Å²) in [6.07, 6.45) is 3.41. The predicted octanol–water partition coefficient (Wildman–Crippen LogP) is 5.62. The first-order valence-corrected chi connectivity index (χ1v) is 7.46. The van der Waals surface area contributed by atoms with E-state index in [0.29, 0.717) is 11.8 Å². The molecule has 0 amide bonds. The Morgan fingerprint density at radius 3 is 2.37 bits per heavy atom. The number of fused-ring (bicyclic) bond motifs is 1. The fraction of sp³-hybridized carbons (Fsp3) is 0.556. The summed E-state index contributed by atoms with van der Waals surface area (Å²) in [7, 11) is 0. The van der Waals surface area contributed by atoms with Crippen molar-refractivity contribution in [1.82, 2.24) is 4.98 Å². The number of H-pyrrole nitrogens is 1. The molecular formula is C18H27N. The first kappa shape index (κ1) is 14.2. The lowest BCUT2D eigenvalue weighted by Gasteiger charge is -2.21. The predicted molar refractivity (Wildman–Crippen MR) is 84.9 cm³/mol. The van der Waals surface area contributed by atoms with Crippen molar-refractivity contribution in [3.63, 3.8) is 0 Å². The number of nitrogens with one attached hydrogen (secondary N) is 1. The largest absolute Gasteiger partial charge is 0.361 e. The number of benzene rings is 1. The molecule has 0 saturated heterocycles. The van der Waals surface area contributed by atoms with Crippen molar-refractivity contribution in [3.8, 4) is 0 Å². The van der Waals surface area contributed by atoms with E-state index < -0.39 is 0 Å². The molecule has 104 valence electrons. The van der Waals surface area contributed by atoms with Crippen LogP contribution in [0.15, 0.2) is 24.4 Å². The molecular weight excluding hydrogens is 230 g/mol. The second-order valence-electron chi connectivity index (χ2n) is 7.01. The highest BCUT2D eigenvalue weighted by molar-refractivity contribution is 5.84. The lowest BCUT2D eigenvalue weighted by molar-refractivity contribution is 0.488. The van der Waals surface area contributed by atoms with E-state index in [2.05, 4.69) is 70.9 Å². The van der Waals surface area contributed by atoms with Crippen molar-refractivity contribution >= 4 is 10.9 Å². The lowest BCUT2D eigenvalue weighted by atomic mass is 9.83. The molecule has 1 heterocycles. The van der Waals surface area contributed by atoms with Crippen LogP contribution in [0, 0.1) is 5.92 Å². The molecule has 1 N–H and O–H groups in total. The van der Waals surface area contributed by atoms with E-state index in [9.17, 15) is 0 Å². The van der Waals surface area contributed by atoms with Gasteiger partial charge in [0.25, 0.3) is 0 Å². The number of hydrogen-bond donors (Lipinski definition) is 1. The maximum absolute atomic E-state index is 3.44. The maximum Gasteiger partial charge on any atom is 0.0457 e. The van der Waals surface area contributed by atoms with Crippen LogP contribution < -0.4 is 0 Å². The second-order valence-corrected chi connectivity index (χ2v) is 7.01. The third-order valence-corrected chi connectivity index (χ3v) is 4.22. The van der Waals surface area contributed by atoms with Crippen molar-refractivity contribution < 1.29 is 0 Å². The summed E-state index contributed by atoms with van der Waals surface area (Å²) in [6, 6.07) is 6.86. The summed E-state index contributed by atoms with van der Waals surface area (Å²) in [6.45, 7) is 13.8. The van der Waals surface area contributed by atoms with Crippen LogP contribution in [-0.2, 0) is 5.41 Å². The smallest absolute Gasteiger partial charge is 0.0457 e. The molecule has 2 aromatic rings. The molecule has 0 saturated carbocycles. The van der Waals surface area contributed by atoms with Gasteiger partial charge < -0.3 is 4.98 Å². The lowest BCUT2D eigenvalue weighted by Crippen LogP contribution is -2.11. The van der Waals surface area contributed by atoms with Crippen LogP contribution in [0.3, 0.4) is 0 Å². The van der Waals surface area contributed by atoms with Gasteiger partial charge >= 0.3 is 0 Å². The van der Waals surface area contributed by atoms with Gasteiger partial charge in [-0.1, -0.05) is 47.6 Å². The quantitative estimate of drug-likeness (QED) is 0.735. The van der Waals surface area contributed by atoms with Crippen molar-refractivity contribution in [2.24, 2.45) is 5.92 Å². The fourth-order valence-electron chi connectivity index (χ4n) is 2.97. The highest BCUT2D eigenvalue weighted by Gasteiger charge is 2.20. The average Bonchev–Trinajstić information content (AvgIpc) is 2.72. The topological polar surface area (TPSA) is 15.8 Å². The molecule has 19 heavy (non-hydrogen) atoms. The maximum atomic E-state index is 3.44. The van der Waals surface area contributed by atoms with Gasteiger partial charge in [0.2, 0.25) is 0 Å². The van der Waals surface area contributed by atoms with E-state index in [1.807, 2.05) is 0 Å². The van der Waals surface area contributed by atoms with Crippen LogP contribution in [0.25, 0.3) is 10.9 Å². The summed E-state index contributed by atoms with van der Waals surface area (Å²) in [4.78, 5) is 3.44. The Hall–Kier alpha value is -1.24. The number of hydrogen-bond acceptors (Lipinski definition) is 0. The van der Waals surface area contributed by atoms with Gasteiger partial charge in [-0.05, 0) is 46.9 Å². The summed E-state index contributed by atoms with van der Waals surface area (Å²) < 4.78 is 0. The Morgan fingerprint density at radius 1 is 1.16 bits per heavy atom. The molecule has 1 unspecified atom stereocenters. The molecule has 1 aromatic carbocycles. The van der Waals surface area contributed by atoms with E-state index in [1.165, 1.54) is 28.5 Å². The molecule has 0 aliphatic heterocycles. The van der Waals surface area contributed by atoms with E-state index in [1.54, 1.807) is 0 Å². The Morgan fingerprint density at radius 2 is 1.84 bits per heavy atom. The molecule has 0 spiro atoms. The van der Waals surface area contributed by atoms with Crippen LogP contribution in [0.1, 0.15) is 65.0 Å². The number of rotatable bonds is 3. The Bertz CT molecular complexity index is 555. The van der Waals surface area contributed by atoms with Gasteiger partial charge in [-0.2, -0.15) is 0 Å². The number of aromatic amines is 1. The van der Waals surface area contributed by atoms with Gasteiger partial charge in [0.1, 0.15) is 0 Å². The number of aromatic nitrogens is 1. The van der Waals surface area contributed by atoms with Crippen molar-refractivity contribution in [3.05, 3.63) is 35.5 Å². The zero-order chi connectivity index (χ0) is 14.2. The zero-order valence-corrected chi connectivity index (χ0v) is 13.2. The molecule has 0 aliphatic carbocycles. The molecule has 0 bridgehead atoms. The summed E-state index contributed by atoms with van der Waals surface area (Å²) in [5.41, 5.74) is 4.38. The zero-order valence-electron chi connectivity index (χ0n) is 13.2. The van der Waals surface area contributed by atoms with Crippen molar-refractivity contribution in [1.29, 1.82) is 0 Å². The van der Waals surface area contributed by atoms with E-state index in [-0.39, 0.29) is 5.41 Å². The van der Waals surface area contributed by atoms with Crippen LogP contribution in [0.5, 0.6) is 0 Å². The van der Waals surface area contributed by atoms with Crippen LogP contribution >= 0.6 is 0 Å². The minimum Gasteiger partial charge on any atom is -0.361 e. The van der Waals surface area contributed by atoms with Crippen LogP contribution in [0.2, 0.25) is 0 Å². The second kappa shape index (κ2) is 5.03. The van der Waals surface area contributed by atoms with Crippen molar-refractivity contribution in [2.75, 3.05) is 0 Å². The Balaban J connectivity index is 2.57. The van der Waals surface area contributed by atoms with E-state index in [4.69, 9.17) is 0 Å². The van der Waals surface area contributed by atoms with Gasteiger partial charge in [0.15, 0.2) is 0 Å². The molecule has 0 fully saturated rings. The average molecular weight is 257 g/mol. The summed E-state index contributed by atoms with van der Waals surface area (Å²) in [5.74, 6) is 1.33. The molecule has 1 heteroatoms. The van der Waals surface area contributed by atoms with Gasteiger partial charge in [0.05, 0.1) is 0 Å². The van der Waals surface area contributed by atoms with Crippen LogP contribution in [-0.4, -0.2) is 4.98 Å². The summed E-state index contributed by atoms with van der Waals surface area (Å²) in [5, 5.41) is 1.41. The molecule has 1 aromatic heterocycles. The Kier molecular flexibility index (Phi) is 3.75. The minimum absolute atomic E-state index is 0.211. The van der Waals surface area contributed by atoms with Gasteiger partial charge in [-0.15, -0.1) is 0 Å². The highest BCUT2D eigenvalue weighted by Crippen LogP contribution is 2.35. The first-order chi connectivity index (χ1) is 8.84. The minimum atomic E-state index is 0.211. The standard InChI is InChI=1S/C18H27N/c1-7-14(12(2)3)16-11-19-17-9-8-13(10-15(16)17)18(4,5)6/h8-12,14,19H,7H2,1-6H3. The molecule has 2 rings (SSSR count). The van der Waals surface area contributed by atoms with Gasteiger partial charge in [-0.25, -0.2) is 0 Å². The van der Waals surface area contributed by atoms with Gasteiger partial charge in [-0.3, -0.25) is 0 Å².